The highest BCUT2D eigenvalue weighted by molar-refractivity contribution is 14.1. The predicted molar refractivity (Wildman–Crippen MR) is 84.1 cm³/mol. The Kier molecular flexibility index (Phi) is 4.30. The second kappa shape index (κ2) is 5.59. The highest BCUT2D eigenvalue weighted by Crippen LogP contribution is 2.31. The first-order valence-electron chi connectivity index (χ1n) is 5.70. The van der Waals surface area contributed by atoms with Gasteiger partial charge < -0.3 is 5.11 Å². The van der Waals surface area contributed by atoms with Gasteiger partial charge in [0, 0.05) is 8.59 Å². The Labute approximate surface area is 126 Å². The zero-order chi connectivity index (χ0) is 13.3. The van der Waals surface area contributed by atoms with Gasteiger partial charge in [0.05, 0.1) is 0 Å². The fourth-order valence-electron chi connectivity index (χ4n) is 1.96. The summed E-state index contributed by atoms with van der Waals surface area (Å²) in [6.07, 6.45) is -0.629. The molecule has 94 valence electrons. The van der Waals surface area contributed by atoms with Gasteiger partial charge in [-0.15, -0.1) is 0 Å². The standard InChI is InChI=1S/C15H14ClIO/c1-9-4-3-5-12(10(9)2)15(18)13-8-11(16)6-7-14(13)17/h3-8,15,18H,1-2H3. The Hall–Kier alpha value is -0.580. The van der Waals surface area contributed by atoms with E-state index in [1.165, 1.54) is 5.56 Å². The molecule has 0 aliphatic heterocycles. The van der Waals surface area contributed by atoms with Gasteiger partial charge in [0.25, 0.3) is 0 Å². The maximum atomic E-state index is 10.5. The van der Waals surface area contributed by atoms with Gasteiger partial charge in [0.15, 0.2) is 0 Å². The van der Waals surface area contributed by atoms with Gasteiger partial charge in [-0.25, -0.2) is 0 Å². The summed E-state index contributed by atoms with van der Waals surface area (Å²) in [6.45, 7) is 4.08. The molecule has 0 amide bonds. The third-order valence-electron chi connectivity index (χ3n) is 3.19. The lowest BCUT2D eigenvalue weighted by Crippen LogP contribution is -2.05. The fourth-order valence-corrected chi connectivity index (χ4v) is 2.77. The normalized spacial score (nSPS) is 12.5. The van der Waals surface area contributed by atoms with E-state index < -0.39 is 6.10 Å². The zero-order valence-electron chi connectivity index (χ0n) is 10.2. The number of benzene rings is 2. The molecule has 0 saturated heterocycles. The van der Waals surface area contributed by atoms with Crippen LogP contribution in [-0.4, -0.2) is 5.11 Å². The van der Waals surface area contributed by atoms with Crippen molar-refractivity contribution in [2.75, 3.05) is 0 Å². The molecule has 0 spiro atoms. The fraction of sp³-hybridized carbons (Fsp3) is 0.200. The van der Waals surface area contributed by atoms with Crippen molar-refractivity contribution in [3.63, 3.8) is 0 Å². The summed E-state index contributed by atoms with van der Waals surface area (Å²) >= 11 is 8.23. The van der Waals surface area contributed by atoms with Crippen molar-refractivity contribution in [3.8, 4) is 0 Å². The molecule has 0 aliphatic carbocycles. The maximum Gasteiger partial charge on any atom is 0.105 e. The molecule has 0 aliphatic rings. The molecule has 2 rings (SSSR count). The average molecular weight is 373 g/mol. The summed E-state index contributed by atoms with van der Waals surface area (Å²) in [5.74, 6) is 0. The number of halogens is 2. The summed E-state index contributed by atoms with van der Waals surface area (Å²) < 4.78 is 1.02. The topological polar surface area (TPSA) is 20.2 Å². The lowest BCUT2D eigenvalue weighted by Gasteiger charge is -2.17. The Morgan fingerprint density at radius 1 is 1.11 bits per heavy atom. The van der Waals surface area contributed by atoms with Crippen molar-refractivity contribution in [3.05, 3.63) is 67.2 Å². The molecule has 2 aromatic carbocycles. The highest BCUT2D eigenvalue weighted by Gasteiger charge is 2.16. The molecule has 1 nitrogen and oxygen atoms in total. The van der Waals surface area contributed by atoms with E-state index in [4.69, 9.17) is 11.6 Å². The number of rotatable bonds is 2. The molecule has 0 heterocycles. The van der Waals surface area contributed by atoms with Gasteiger partial charge in [0.1, 0.15) is 6.10 Å². The van der Waals surface area contributed by atoms with Crippen molar-refractivity contribution < 1.29 is 5.11 Å². The van der Waals surface area contributed by atoms with Gasteiger partial charge in [0.2, 0.25) is 0 Å². The molecule has 1 N–H and O–H groups in total. The lowest BCUT2D eigenvalue weighted by molar-refractivity contribution is 0.218. The molecule has 0 aromatic heterocycles. The highest BCUT2D eigenvalue weighted by atomic mass is 127. The molecule has 0 fully saturated rings. The quantitative estimate of drug-likeness (QED) is 0.761. The largest absolute Gasteiger partial charge is 0.384 e. The molecule has 1 unspecified atom stereocenters. The van der Waals surface area contributed by atoms with Crippen molar-refractivity contribution in [2.45, 2.75) is 20.0 Å². The van der Waals surface area contributed by atoms with E-state index in [1.54, 1.807) is 0 Å². The molecule has 0 saturated carbocycles. The summed E-state index contributed by atoms with van der Waals surface area (Å²) in [6, 6.07) is 11.6. The monoisotopic (exact) mass is 372 g/mol. The third-order valence-corrected chi connectivity index (χ3v) is 4.41. The van der Waals surface area contributed by atoms with Crippen molar-refractivity contribution >= 4 is 34.2 Å². The van der Waals surface area contributed by atoms with E-state index in [2.05, 4.69) is 35.6 Å². The van der Waals surface area contributed by atoms with Gasteiger partial charge in [-0.05, 0) is 76.9 Å². The first-order chi connectivity index (χ1) is 8.50. The molecular formula is C15H14ClIO. The zero-order valence-corrected chi connectivity index (χ0v) is 13.2. The van der Waals surface area contributed by atoms with Gasteiger partial charge in [-0.3, -0.25) is 0 Å². The Balaban J connectivity index is 2.51. The van der Waals surface area contributed by atoms with Crippen LogP contribution < -0.4 is 0 Å². The SMILES string of the molecule is Cc1cccc(C(O)c2cc(Cl)ccc2I)c1C. The predicted octanol–water partition coefficient (Wildman–Crippen LogP) is 4.64. The van der Waals surface area contributed by atoms with E-state index in [0.29, 0.717) is 5.02 Å². The van der Waals surface area contributed by atoms with Gasteiger partial charge in [-0.2, -0.15) is 0 Å². The van der Waals surface area contributed by atoms with E-state index in [9.17, 15) is 5.11 Å². The van der Waals surface area contributed by atoms with Crippen molar-refractivity contribution in [1.82, 2.24) is 0 Å². The lowest BCUT2D eigenvalue weighted by atomic mass is 9.95. The summed E-state index contributed by atoms with van der Waals surface area (Å²) in [5.41, 5.74) is 4.11. The van der Waals surface area contributed by atoms with E-state index in [0.717, 1.165) is 20.3 Å². The van der Waals surface area contributed by atoms with Crippen LogP contribution >= 0.6 is 34.2 Å². The first kappa shape index (κ1) is 13.8. The van der Waals surface area contributed by atoms with E-state index >= 15 is 0 Å². The van der Waals surface area contributed by atoms with Crippen molar-refractivity contribution in [2.24, 2.45) is 0 Å². The molecule has 1 atom stereocenters. The molecule has 2 aromatic rings. The van der Waals surface area contributed by atoms with Gasteiger partial charge in [-0.1, -0.05) is 29.8 Å². The number of aryl methyl sites for hydroxylation is 1. The number of aliphatic hydroxyl groups is 1. The molecule has 0 radical (unpaired) electrons. The van der Waals surface area contributed by atoms with Crippen LogP contribution in [0.1, 0.15) is 28.4 Å². The minimum Gasteiger partial charge on any atom is -0.384 e. The molecule has 3 heteroatoms. The van der Waals surface area contributed by atoms with Crippen molar-refractivity contribution in [1.29, 1.82) is 0 Å². The second-order valence-electron chi connectivity index (χ2n) is 4.36. The van der Waals surface area contributed by atoms with Crippen LogP contribution in [0.15, 0.2) is 36.4 Å². The van der Waals surface area contributed by atoms with Crippen LogP contribution in [0.3, 0.4) is 0 Å². The Morgan fingerprint density at radius 2 is 1.83 bits per heavy atom. The van der Waals surface area contributed by atoms with Gasteiger partial charge >= 0.3 is 0 Å². The number of hydrogen-bond acceptors (Lipinski definition) is 1. The number of hydrogen-bond donors (Lipinski definition) is 1. The van der Waals surface area contributed by atoms with Crippen LogP contribution in [0.2, 0.25) is 5.02 Å². The van der Waals surface area contributed by atoms with Crippen LogP contribution in [-0.2, 0) is 0 Å². The second-order valence-corrected chi connectivity index (χ2v) is 5.96. The summed E-state index contributed by atoms with van der Waals surface area (Å²) in [7, 11) is 0. The summed E-state index contributed by atoms with van der Waals surface area (Å²) in [4.78, 5) is 0. The van der Waals surface area contributed by atoms with Crippen LogP contribution in [0.25, 0.3) is 0 Å². The molecule has 18 heavy (non-hydrogen) atoms. The maximum absolute atomic E-state index is 10.5. The van der Waals surface area contributed by atoms with Crippen LogP contribution in [0, 0.1) is 17.4 Å². The number of aliphatic hydroxyl groups excluding tert-OH is 1. The Morgan fingerprint density at radius 3 is 2.56 bits per heavy atom. The van der Waals surface area contributed by atoms with E-state index in [-0.39, 0.29) is 0 Å². The smallest absolute Gasteiger partial charge is 0.105 e. The summed E-state index contributed by atoms with van der Waals surface area (Å²) in [5, 5.41) is 11.2. The average Bonchev–Trinajstić information content (AvgIpc) is 2.35. The first-order valence-corrected chi connectivity index (χ1v) is 7.15. The van der Waals surface area contributed by atoms with Crippen LogP contribution in [0.4, 0.5) is 0 Å². The third kappa shape index (κ3) is 2.71. The molecule has 0 bridgehead atoms. The minimum absolute atomic E-state index is 0.629. The Bertz CT molecular complexity index is 579. The molecular weight excluding hydrogens is 359 g/mol. The van der Waals surface area contributed by atoms with E-state index in [1.807, 2.05) is 37.3 Å². The minimum atomic E-state index is -0.629. The van der Waals surface area contributed by atoms with Crippen LogP contribution in [0.5, 0.6) is 0 Å².